The number of aliphatic hydroxyl groups excluding tert-OH is 5. The van der Waals surface area contributed by atoms with Crippen molar-refractivity contribution >= 4 is 11.9 Å². The van der Waals surface area contributed by atoms with Crippen molar-refractivity contribution in [2.24, 2.45) is 0 Å². The molecule has 89 heavy (non-hydrogen) atoms. The Morgan fingerprint density at radius 2 is 0.764 bits per heavy atom. The summed E-state index contributed by atoms with van der Waals surface area (Å²) in [6.07, 6.45) is 78.4. The van der Waals surface area contributed by atoms with E-state index in [4.69, 9.17) is 14.2 Å². The fourth-order valence-electron chi connectivity index (χ4n) is 12.1. The molecule has 1 aliphatic rings. The Morgan fingerprint density at radius 1 is 0.416 bits per heavy atom. The quantitative estimate of drug-likeness (QED) is 0.0195. The molecule has 11 nitrogen and oxygen atoms in total. The molecule has 1 heterocycles. The number of nitrogens with one attached hydrogen (secondary N) is 1. The van der Waals surface area contributed by atoms with Crippen LogP contribution in [0.25, 0.3) is 0 Å². The number of amides is 1. The van der Waals surface area contributed by atoms with Crippen LogP contribution in [0.2, 0.25) is 0 Å². The van der Waals surface area contributed by atoms with Gasteiger partial charge in [0, 0.05) is 12.8 Å². The van der Waals surface area contributed by atoms with Crippen molar-refractivity contribution in [1.29, 1.82) is 0 Å². The van der Waals surface area contributed by atoms with Gasteiger partial charge in [-0.05, 0) is 77.0 Å². The third-order valence-corrected chi connectivity index (χ3v) is 18.2. The highest BCUT2D eigenvalue weighted by atomic mass is 16.7. The average molecular weight is 1260 g/mol. The van der Waals surface area contributed by atoms with E-state index in [2.05, 4.69) is 55.6 Å². The van der Waals surface area contributed by atoms with E-state index in [0.29, 0.717) is 19.4 Å². The molecule has 1 fully saturated rings. The van der Waals surface area contributed by atoms with E-state index < -0.39 is 49.5 Å². The molecule has 0 bridgehead atoms. The van der Waals surface area contributed by atoms with Crippen LogP contribution in [0.1, 0.15) is 373 Å². The Labute approximate surface area is 548 Å². The Hall–Kier alpha value is -2.38. The predicted octanol–water partition coefficient (Wildman–Crippen LogP) is 20.3. The van der Waals surface area contributed by atoms with Gasteiger partial charge in [-0.2, -0.15) is 0 Å². The lowest BCUT2D eigenvalue weighted by Crippen LogP contribution is -2.60. The van der Waals surface area contributed by atoms with Gasteiger partial charge in [0.25, 0.3) is 0 Å². The molecule has 7 unspecified atom stereocenters. The molecule has 0 aromatic rings. The largest absolute Gasteiger partial charge is 0.466 e. The number of rotatable bonds is 68. The topological polar surface area (TPSA) is 175 Å². The highest BCUT2D eigenvalue weighted by Gasteiger charge is 2.44. The van der Waals surface area contributed by atoms with E-state index in [1.54, 1.807) is 6.08 Å². The van der Waals surface area contributed by atoms with Crippen LogP contribution >= 0.6 is 0 Å². The molecule has 0 radical (unpaired) electrons. The lowest BCUT2D eigenvalue weighted by molar-refractivity contribution is -0.302. The lowest BCUT2D eigenvalue weighted by atomic mass is 9.99. The van der Waals surface area contributed by atoms with E-state index in [-0.39, 0.29) is 18.5 Å². The number of hydrogen-bond donors (Lipinski definition) is 6. The first-order chi connectivity index (χ1) is 43.7. The van der Waals surface area contributed by atoms with E-state index >= 15 is 0 Å². The van der Waals surface area contributed by atoms with Gasteiger partial charge in [-0.3, -0.25) is 9.59 Å². The molecule has 0 aromatic heterocycles. The molecular formula is C78H145NO10. The molecular weight excluding hydrogens is 1110 g/mol. The minimum absolute atomic E-state index is 0.0109. The molecule has 0 aliphatic carbocycles. The van der Waals surface area contributed by atoms with Crippen LogP contribution in [0, 0.1) is 0 Å². The zero-order valence-corrected chi connectivity index (χ0v) is 58.2. The number of esters is 1. The number of unbranched alkanes of at least 4 members (excludes halogenated alkanes) is 48. The summed E-state index contributed by atoms with van der Waals surface area (Å²) in [6.45, 7) is 4.36. The molecule has 522 valence electrons. The third kappa shape index (κ3) is 55.8. The van der Waals surface area contributed by atoms with Crippen LogP contribution in [0.3, 0.4) is 0 Å². The van der Waals surface area contributed by atoms with Gasteiger partial charge < -0.3 is 45.1 Å². The second kappa shape index (κ2) is 67.1. The SMILES string of the molecule is CCCCCCCCCC/C=C/CC/C=C/C(O)C(COC1OC(CO)C(O)C(O)C1O)NC(=O)CCCCCCCCCCCCCCCCCCC/C=C\C/C=C\CCCCCCCCCCCCCOC(=O)CCCCCCCCCCCCCC. The first-order valence-corrected chi connectivity index (χ1v) is 38.4. The van der Waals surface area contributed by atoms with Crippen LogP contribution in [-0.2, 0) is 23.8 Å². The summed E-state index contributed by atoms with van der Waals surface area (Å²) in [6, 6.07) is -0.827. The van der Waals surface area contributed by atoms with E-state index in [1.807, 2.05) is 6.08 Å². The van der Waals surface area contributed by atoms with Crippen LogP contribution in [-0.4, -0.2) is 100 Å². The van der Waals surface area contributed by atoms with Crippen LogP contribution < -0.4 is 5.32 Å². The average Bonchev–Trinajstić information content (AvgIpc) is 3.63. The second-order valence-corrected chi connectivity index (χ2v) is 26.7. The number of carbonyl (C=O) groups excluding carboxylic acids is 2. The molecule has 1 rings (SSSR count). The fraction of sp³-hybridized carbons (Fsp3) is 0.872. The van der Waals surface area contributed by atoms with E-state index in [0.717, 1.165) is 57.8 Å². The van der Waals surface area contributed by atoms with Crippen LogP contribution in [0.15, 0.2) is 48.6 Å². The predicted molar refractivity (Wildman–Crippen MR) is 375 cm³/mol. The van der Waals surface area contributed by atoms with E-state index in [1.165, 1.54) is 289 Å². The van der Waals surface area contributed by atoms with Gasteiger partial charge in [0.2, 0.25) is 5.91 Å². The Morgan fingerprint density at radius 3 is 1.18 bits per heavy atom. The molecule has 0 spiro atoms. The zero-order valence-electron chi connectivity index (χ0n) is 58.2. The number of carbonyl (C=O) groups is 2. The summed E-state index contributed by atoms with van der Waals surface area (Å²) in [5, 5.41) is 54.5. The fourth-order valence-corrected chi connectivity index (χ4v) is 12.1. The van der Waals surface area contributed by atoms with Crippen molar-refractivity contribution in [1.82, 2.24) is 5.32 Å². The maximum absolute atomic E-state index is 13.1. The lowest BCUT2D eigenvalue weighted by Gasteiger charge is -2.40. The van der Waals surface area contributed by atoms with Crippen molar-refractivity contribution in [2.45, 2.75) is 416 Å². The molecule has 0 aromatic carbocycles. The summed E-state index contributed by atoms with van der Waals surface area (Å²) < 4.78 is 16.7. The molecule has 1 amide bonds. The number of aliphatic hydroxyl groups is 5. The number of ether oxygens (including phenoxy) is 3. The first kappa shape index (κ1) is 84.6. The summed E-state index contributed by atoms with van der Waals surface area (Å²) in [4.78, 5) is 25.1. The maximum Gasteiger partial charge on any atom is 0.305 e. The molecule has 11 heteroatoms. The van der Waals surface area contributed by atoms with Gasteiger partial charge in [-0.1, -0.05) is 332 Å². The van der Waals surface area contributed by atoms with Crippen LogP contribution in [0.5, 0.6) is 0 Å². The van der Waals surface area contributed by atoms with Gasteiger partial charge in [-0.15, -0.1) is 0 Å². The van der Waals surface area contributed by atoms with Crippen molar-refractivity contribution in [2.75, 3.05) is 19.8 Å². The Balaban J connectivity index is 1.95. The number of allylic oxidation sites excluding steroid dienone is 7. The van der Waals surface area contributed by atoms with Crippen molar-refractivity contribution in [3.05, 3.63) is 48.6 Å². The highest BCUT2D eigenvalue weighted by molar-refractivity contribution is 5.76. The smallest absolute Gasteiger partial charge is 0.305 e. The highest BCUT2D eigenvalue weighted by Crippen LogP contribution is 2.23. The maximum atomic E-state index is 13.1. The van der Waals surface area contributed by atoms with Gasteiger partial charge in [0.05, 0.1) is 32.0 Å². The first-order valence-electron chi connectivity index (χ1n) is 38.4. The van der Waals surface area contributed by atoms with Gasteiger partial charge in [0.1, 0.15) is 24.4 Å². The van der Waals surface area contributed by atoms with E-state index in [9.17, 15) is 35.1 Å². The second-order valence-electron chi connectivity index (χ2n) is 26.7. The molecule has 1 aliphatic heterocycles. The minimum Gasteiger partial charge on any atom is -0.466 e. The van der Waals surface area contributed by atoms with Gasteiger partial charge >= 0.3 is 5.97 Å². The normalized spacial score (nSPS) is 17.9. The minimum atomic E-state index is -1.58. The Kier molecular flexibility index (Phi) is 63.8. The summed E-state index contributed by atoms with van der Waals surface area (Å²) in [5.41, 5.74) is 0. The van der Waals surface area contributed by atoms with Crippen LogP contribution in [0.4, 0.5) is 0 Å². The monoisotopic (exact) mass is 1260 g/mol. The number of hydrogen-bond acceptors (Lipinski definition) is 10. The summed E-state index contributed by atoms with van der Waals surface area (Å²) in [7, 11) is 0. The van der Waals surface area contributed by atoms with Crippen molar-refractivity contribution < 1.29 is 49.3 Å². The molecule has 1 saturated heterocycles. The molecule has 0 saturated carbocycles. The summed E-state index contributed by atoms with van der Waals surface area (Å²) in [5.74, 6) is -0.177. The van der Waals surface area contributed by atoms with Crippen molar-refractivity contribution in [3.63, 3.8) is 0 Å². The third-order valence-electron chi connectivity index (χ3n) is 18.2. The molecule has 7 atom stereocenters. The van der Waals surface area contributed by atoms with Gasteiger partial charge in [0.15, 0.2) is 6.29 Å². The summed E-state index contributed by atoms with van der Waals surface area (Å²) >= 11 is 0. The standard InChI is InChI=1S/C78H145NO10/c1-3-5-7-9-11-13-15-17-41-44-48-52-56-60-64-71(81)70(69-88-78-77(86)76(85)75(84)72(68-80)89-78)79-73(82)65-61-57-53-49-45-42-39-37-35-33-31-29-27-25-23-21-19-18-20-22-24-26-28-30-32-34-36-38-40-43-47-51-55-59-63-67-87-74(83)66-62-58-54-50-46-16-14-12-10-8-6-4-2/h20,22,26,28,44,48,60,64,70-72,75-78,80-81,84-86H,3-19,21,23-25,27,29-43,45-47,49-59,61-63,65-69H2,1-2H3,(H,79,82)/b22-20-,28-26-,48-44+,64-60+. The zero-order chi connectivity index (χ0) is 64.4. The Bertz CT molecular complexity index is 1620. The molecule has 6 N–H and O–H groups in total. The van der Waals surface area contributed by atoms with Crippen molar-refractivity contribution in [3.8, 4) is 0 Å². The van der Waals surface area contributed by atoms with Gasteiger partial charge in [-0.25, -0.2) is 0 Å².